The first-order valence-corrected chi connectivity index (χ1v) is 23.4. The standard InChI is InChI=1S/C46H39NSi2/c1-48(2)43-22-10-8-20-39(43)41-30-34(24-26-45(41)48)32-14-12-18-37(28-32)47(36-16-6-5-7-17-36)38-19-13-15-33(29-38)35-25-27-46-42(31-35)40-21-9-11-23-44(40)49(46,3)4/h5-31H,1-4H3. The maximum atomic E-state index is 2.48. The maximum Gasteiger partial charge on any atom is 0.113 e. The number of anilines is 3. The summed E-state index contributed by atoms with van der Waals surface area (Å²) in [5.74, 6) is 0. The number of para-hydroxylation sites is 1. The summed E-state index contributed by atoms with van der Waals surface area (Å²) in [4.78, 5) is 2.39. The van der Waals surface area contributed by atoms with E-state index in [1.807, 2.05) is 0 Å². The van der Waals surface area contributed by atoms with Crippen LogP contribution in [0, 0.1) is 0 Å². The fraction of sp³-hybridized carbons (Fsp3) is 0.0870. The second kappa shape index (κ2) is 11.2. The zero-order valence-electron chi connectivity index (χ0n) is 28.5. The van der Waals surface area contributed by atoms with Gasteiger partial charge in [0, 0.05) is 17.1 Å². The van der Waals surface area contributed by atoms with Gasteiger partial charge >= 0.3 is 0 Å². The van der Waals surface area contributed by atoms with Crippen LogP contribution in [0.2, 0.25) is 26.2 Å². The summed E-state index contributed by atoms with van der Waals surface area (Å²) < 4.78 is 0. The lowest BCUT2D eigenvalue weighted by atomic mass is 9.98. The van der Waals surface area contributed by atoms with Crippen molar-refractivity contribution in [1.29, 1.82) is 0 Å². The highest BCUT2D eigenvalue weighted by molar-refractivity contribution is 7.04. The van der Waals surface area contributed by atoms with Gasteiger partial charge in [0.1, 0.15) is 16.1 Å². The summed E-state index contributed by atoms with van der Waals surface area (Å²) in [6.45, 7) is 9.92. The third-order valence-corrected chi connectivity index (χ3v) is 18.2. The predicted octanol–water partition coefficient (Wildman–Crippen LogP) is 10.1. The van der Waals surface area contributed by atoms with Gasteiger partial charge in [-0.1, -0.05) is 141 Å². The van der Waals surface area contributed by atoms with Crippen molar-refractivity contribution in [3.05, 3.63) is 164 Å². The molecule has 0 radical (unpaired) electrons. The highest BCUT2D eigenvalue weighted by atomic mass is 28.3. The van der Waals surface area contributed by atoms with Gasteiger partial charge in [-0.05, 0) is 114 Å². The van der Waals surface area contributed by atoms with Gasteiger partial charge in [-0.2, -0.15) is 0 Å². The van der Waals surface area contributed by atoms with E-state index in [0.717, 1.165) is 17.1 Å². The largest absolute Gasteiger partial charge is 0.310 e. The van der Waals surface area contributed by atoms with Gasteiger partial charge in [0.25, 0.3) is 0 Å². The molecule has 2 aliphatic heterocycles. The molecule has 0 unspecified atom stereocenters. The molecule has 9 rings (SSSR count). The summed E-state index contributed by atoms with van der Waals surface area (Å²) in [7, 11) is -3.39. The molecular formula is C46H39NSi2. The van der Waals surface area contributed by atoms with Crippen molar-refractivity contribution in [2.24, 2.45) is 0 Å². The molecular weight excluding hydrogens is 623 g/mol. The van der Waals surface area contributed by atoms with Gasteiger partial charge in [0.15, 0.2) is 0 Å². The lowest BCUT2D eigenvalue weighted by Crippen LogP contribution is -2.49. The summed E-state index contributed by atoms with van der Waals surface area (Å²) in [6.07, 6.45) is 0. The average Bonchev–Trinajstić information content (AvgIpc) is 3.51. The monoisotopic (exact) mass is 661 g/mol. The first-order valence-electron chi connectivity index (χ1n) is 17.4. The van der Waals surface area contributed by atoms with E-state index in [2.05, 4.69) is 195 Å². The first kappa shape index (κ1) is 29.9. The molecule has 7 aromatic rings. The molecule has 0 saturated heterocycles. The maximum absolute atomic E-state index is 2.48. The van der Waals surface area contributed by atoms with Gasteiger partial charge < -0.3 is 4.90 Å². The molecule has 49 heavy (non-hydrogen) atoms. The molecule has 0 atom stereocenters. The van der Waals surface area contributed by atoms with E-state index in [0.29, 0.717) is 0 Å². The molecule has 1 nitrogen and oxygen atoms in total. The van der Waals surface area contributed by atoms with Crippen LogP contribution in [0.1, 0.15) is 0 Å². The van der Waals surface area contributed by atoms with Crippen LogP contribution in [0.3, 0.4) is 0 Å². The topological polar surface area (TPSA) is 3.24 Å². The summed E-state index contributed by atoms with van der Waals surface area (Å²) in [5.41, 5.74) is 14.0. The highest BCUT2D eigenvalue weighted by Crippen LogP contribution is 2.40. The van der Waals surface area contributed by atoms with Crippen LogP contribution in [-0.4, -0.2) is 16.1 Å². The molecule has 0 amide bonds. The Labute approximate surface area is 292 Å². The Morgan fingerprint density at radius 2 is 0.694 bits per heavy atom. The number of nitrogens with zero attached hydrogens (tertiary/aromatic N) is 1. The van der Waals surface area contributed by atoms with E-state index in [1.54, 1.807) is 10.4 Å². The number of benzene rings is 7. The fourth-order valence-electron chi connectivity index (χ4n) is 8.47. The number of rotatable bonds is 5. The molecule has 0 bridgehead atoms. The molecule has 3 heteroatoms. The summed E-state index contributed by atoms with van der Waals surface area (Å²) in [5, 5.41) is 6.17. The highest BCUT2D eigenvalue weighted by Gasteiger charge is 2.38. The minimum Gasteiger partial charge on any atom is -0.310 e. The number of hydrogen-bond acceptors (Lipinski definition) is 1. The van der Waals surface area contributed by atoms with Gasteiger partial charge in [-0.15, -0.1) is 0 Å². The molecule has 0 saturated carbocycles. The minimum atomic E-state index is -1.69. The normalized spacial score (nSPS) is 14.4. The van der Waals surface area contributed by atoms with Gasteiger partial charge in [0.05, 0.1) is 0 Å². The van der Waals surface area contributed by atoms with Crippen LogP contribution in [0.4, 0.5) is 17.1 Å². The predicted molar refractivity (Wildman–Crippen MR) is 216 cm³/mol. The van der Waals surface area contributed by atoms with Crippen molar-refractivity contribution in [3.63, 3.8) is 0 Å². The molecule has 0 aliphatic carbocycles. The number of hydrogen-bond donors (Lipinski definition) is 0. The molecule has 0 N–H and O–H groups in total. The molecule has 7 aromatic carbocycles. The van der Waals surface area contributed by atoms with Gasteiger partial charge in [-0.3, -0.25) is 0 Å². The van der Waals surface area contributed by atoms with E-state index in [9.17, 15) is 0 Å². The van der Waals surface area contributed by atoms with E-state index in [4.69, 9.17) is 0 Å². The fourth-order valence-corrected chi connectivity index (χ4v) is 14.6. The summed E-state index contributed by atoms with van der Waals surface area (Å²) in [6, 6.07) is 61.2. The van der Waals surface area contributed by atoms with E-state index in [1.165, 1.54) is 54.9 Å². The third-order valence-electron chi connectivity index (χ3n) is 11.1. The molecule has 2 aliphatic rings. The van der Waals surface area contributed by atoms with Crippen LogP contribution in [0.15, 0.2) is 164 Å². The Kier molecular flexibility index (Phi) is 6.81. The van der Waals surface area contributed by atoms with E-state index in [-0.39, 0.29) is 0 Å². The second-order valence-electron chi connectivity index (χ2n) is 14.6. The van der Waals surface area contributed by atoms with Crippen LogP contribution in [0.25, 0.3) is 44.5 Å². The Hall–Kier alpha value is -5.23. The summed E-state index contributed by atoms with van der Waals surface area (Å²) >= 11 is 0. The van der Waals surface area contributed by atoms with Gasteiger partial charge in [-0.25, -0.2) is 0 Å². The quantitative estimate of drug-likeness (QED) is 0.166. The molecule has 0 aromatic heterocycles. The Morgan fingerprint density at radius 1 is 0.306 bits per heavy atom. The first-order chi connectivity index (χ1) is 23.8. The lowest BCUT2D eigenvalue weighted by Gasteiger charge is -2.26. The average molecular weight is 662 g/mol. The Morgan fingerprint density at radius 3 is 1.18 bits per heavy atom. The van der Waals surface area contributed by atoms with Crippen LogP contribution in [-0.2, 0) is 0 Å². The van der Waals surface area contributed by atoms with E-state index >= 15 is 0 Å². The van der Waals surface area contributed by atoms with Crippen molar-refractivity contribution in [2.45, 2.75) is 26.2 Å². The van der Waals surface area contributed by atoms with E-state index < -0.39 is 16.1 Å². The lowest BCUT2D eigenvalue weighted by molar-refractivity contribution is 1.28. The van der Waals surface area contributed by atoms with Crippen molar-refractivity contribution >= 4 is 54.0 Å². The minimum absolute atomic E-state index is 1.14. The molecule has 2 heterocycles. The number of fused-ring (bicyclic) bond motifs is 6. The zero-order chi connectivity index (χ0) is 33.3. The van der Waals surface area contributed by atoms with Crippen LogP contribution < -0.4 is 25.6 Å². The van der Waals surface area contributed by atoms with Crippen LogP contribution in [0.5, 0.6) is 0 Å². The molecule has 236 valence electrons. The third kappa shape index (κ3) is 4.72. The van der Waals surface area contributed by atoms with Crippen molar-refractivity contribution in [2.75, 3.05) is 4.90 Å². The molecule has 0 spiro atoms. The van der Waals surface area contributed by atoms with Crippen molar-refractivity contribution < 1.29 is 0 Å². The SMILES string of the molecule is C[Si]1(C)c2ccccc2-c2cc(-c3cccc(N(c4ccccc4)c4cccc(-c5ccc6c(c5)-c5ccccc5[Si]6(C)C)c4)c3)ccc21. The molecule has 0 fully saturated rings. The van der Waals surface area contributed by atoms with Gasteiger partial charge in [0.2, 0.25) is 0 Å². The van der Waals surface area contributed by atoms with Crippen molar-refractivity contribution in [1.82, 2.24) is 0 Å². The Bertz CT molecular complexity index is 2260. The van der Waals surface area contributed by atoms with Crippen LogP contribution >= 0.6 is 0 Å². The Balaban J connectivity index is 1.13. The zero-order valence-corrected chi connectivity index (χ0v) is 30.5. The smallest absolute Gasteiger partial charge is 0.113 e. The van der Waals surface area contributed by atoms with Crippen molar-refractivity contribution in [3.8, 4) is 44.5 Å². The second-order valence-corrected chi connectivity index (χ2v) is 23.3.